The fraction of sp³-hybridized carbons (Fsp3) is 0.0800. The molecule has 4 aromatic rings. The fourth-order valence-electron chi connectivity index (χ4n) is 2.99. The summed E-state index contributed by atoms with van der Waals surface area (Å²) in [5, 5.41) is 11.7. The average molecular weight is 461 g/mol. The molecule has 0 aliphatic heterocycles. The number of hydrogen-bond acceptors (Lipinski definition) is 5. The summed E-state index contributed by atoms with van der Waals surface area (Å²) < 4.78 is 11.0. The van der Waals surface area contributed by atoms with E-state index >= 15 is 0 Å². The van der Waals surface area contributed by atoms with Gasteiger partial charge in [-0.25, -0.2) is 5.43 Å². The first-order chi connectivity index (χ1) is 16.1. The van der Waals surface area contributed by atoms with Gasteiger partial charge in [-0.1, -0.05) is 35.9 Å². The van der Waals surface area contributed by atoms with Crippen molar-refractivity contribution in [1.82, 2.24) is 15.6 Å². The molecule has 0 unspecified atom stereocenters. The normalized spacial score (nSPS) is 10.8. The minimum atomic E-state index is -0.395. The van der Waals surface area contributed by atoms with Gasteiger partial charge in [0.1, 0.15) is 23.8 Å². The maximum absolute atomic E-state index is 12.4. The lowest BCUT2D eigenvalue weighted by Crippen LogP contribution is -2.17. The van der Waals surface area contributed by atoms with Crippen LogP contribution in [-0.2, 0) is 6.61 Å². The van der Waals surface area contributed by atoms with Gasteiger partial charge in [0.25, 0.3) is 5.91 Å². The van der Waals surface area contributed by atoms with Crippen LogP contribution in [0.25, 0.3) is 11.3 Å². The lowest BCUT2D eigenvalue weighted by atomic mass is 10.1. The third-order valence-corrected chi connectivity index (χ3v) is 5.02. The molecule has 1 heterocycles. The first-order valence-electron chi connectivity index (χ1n) is 10.1. The van der Waals surface area contributed by atoms with Crippen molar-refractivity contribution < 1.29 is 14.3 Å². The fourth-order valence-corrected chi connectivity index (χ4v) is 3.12. The molecule has 0 fully saturated rings. The molecule has 0 aliphatic carbocycles. The number of ether oxygens (including phenoxy) is 2. The van der Waals surface area contributed by atoms with Gasteiger partial charge in [-0.2, -0.15) is 10.2 Å². The van der Waals surface area contributed by atoms with Gasteiger partial charge in [0.15, 0.2) is 0 Å². The number of hydrogen-bond donors (Lipinski definition) is 2. The molecule has 0 spiro atoms. The number of hydrazone groups is 1. The van der Waals surface area contributed by atoms with Gasteiger partial charge in [0.2, 0.25) is 0 Å². The number of benzene rings is 3. The van der Waals surface area contributed by atoms with Crippen LogP contribution >= 0.6 is 11.6 Å². The van der Waals surface area contributed by atoms with E-state index in [2.05, 4.69) is 20.7 Å². The number of methoxy groups -OCH3 is 1. The van der Waals surface area contributed by atoms with Crippen LogP contribution in [0.1, 0.15) is 21.6 Å². The number of H-pyrrole nitrogens is 1. The Kier molecular flexibility index (Phi) is 7.02. The Bertz CT molecular complexity index is 1250. The molecule has 7 nitrogen and oxygen atoms in total. The van der Waals surface area contributed by atoms with E-state index in [-0.39, 0.29) is 0 Å². The largest absolute Gasteiger partial charge is 0.497 e. The monoisotopic (exact) mass is 460 g/mol. The van der Waals surface area contributed by atoms with E-state index < -0.39 is 5.91 Å². The van der Waals surface area contributed by atoms with Crippen molar-refractivity contribution in [3.63, 3.8) is 0 Å². The van der Waals surface area contributed by atoms with E-state index in [0.29, 0.717) is 28.8 Å². The molecule has 4 rings (SSSR count). The molecule has 3 aromatic carbocycles. The first kappa shape index (κ1) is 22.1. The van der Waals surface area contributed by atoms with Gasteiger partial charge < -0.3 is 9.47 Å². The second-order valence-electron chi connectivity index (χ2n) is 7.08. The maximum Gasteiger partial charge on any atom is 0.289 e. The van der Waals surface area contributed by atoms with E-state index in [4.69, 9.17) is 21.1 Å². The molecule has 33 heavy (non-hydrogen) atoms. The number of aromatic amines is 1. The van der Waals surface area contributed by atoms with Crippen molar-refractivity contribution in [1.29, 1.82) is 0 Å². The van der Waals surface area contributed by atoms with E-state index in [1.165, 1.54) is 0 Å². The van der Waals surface area contributed by atoms with Crippen LogP contribution in [0, 0.1) is 0 Å². The number of nitrogens with one attached hydrogen (secondary N) is 2. The molecule has 1 amide bonds. The SMILES string of the molecule is COc1ccc(C=NNC(=O)c2cc(-c3cccc(OCc4ccc(Cl)cc4)c3)n[nH]2)cc1. The van der Waals surface area contributed by atoms with Crippen LogP contribution in [0.3, 0.4) is 0 Å². The van der Waals surface area contributed by atoms with Crippen molar-refractivity contribution in [3.8, 4) is 22.8 Å². The smallest absolute Gasteiger partial charge is 0.289 e. The summed E-state index contributed by atoms with van der Waals surface area (Å²) in [7, 11) is 1.60. The van der Waals surface area contributed by atoms with Crippen LogP contribution in [-0.4, -0.2) is 29.4 Å². The van der Waals surface area contributed by atoms with E-state index in [1.54, 1.807) is 19.4 Å². The number of rotatable bonds is 8. The number of nitrogens with zero attached hydrogens (tertiary/aromatic N) is 2. The lowest BCUT2D eigenvalue weighted by Gasteiger charge is -2.07. The second-order valence-corrected chi connectivity index (χ2v) is 7.52. The lowest BCUT2D eigenvalue weighted by molar-refractivity contribution is 0.0950. The minimum absolute atomic E-state index is 0.296. The van der Waals surface area contributed by atoms with Gasteiger partial charge >= 0.3 is 0 Å². The molecular formula is C25H21ClN4O3. The summed E-state index contributed by atoms with van der Waals surface area (Å²) in [6.07, 6.45) is 1.55. The molecule has 1 aromatic heterocycles. The average Bonchev–Trinajstić information content (AvgIpc) is 3.35. The molecule has 0 saturated heterocycles. The Balaban J connectivity index is 1.36. The van der Waals surface area contributed by atoms with Gasteiger partial charge in [-0.3, -0.25) is 9.89 Å². The number of amides is 1. The minimum Gasteiger partial charge on any atom is -0.497 e. The van der Waals surface area contributed by atoms with Gasteiger partial charge in [-0.05, 0) is 65.7 Å². The Morgan fingerprint density at radius 2 is 1.85 bits per heavy atom. The highest BCUT2D eigenvalue weighted by Gasteiger charge is 2.11. The van der Waals surface area contributed by atoms with Crippen LogP contribution in [0.15, 0.2) is 84.0 Å². The zero-order valence-electron chi connectivity index (χ0n) is 17.8. The van der Waals surface area contributed by atoms with Gasteiger partial charge in [-0.15, -0.1) is 0 Å². The van der Waals surface area contributed by atoms with Crippen LogP contribution < -0.4 is 14.9 Å². The molecule has 166 valence electrons. The summed E-state index contributed by atoms with van der Waals surface area (Å²) in [6, 6.07) is 24.0. The van der Waals surface area contributed by atoms with Crippen LogP contribution in [0.2, 0.25) is 5.02 Å². The van der Waals surface area contributed by atoms with E-state index in [9.17, 15) is 4.79 Å². The maximum atomic E-state index is 12.4. The molecule has 0 aliphatic rings. The third kappa shape index (κ3) is 5.99. The molecule has 2 N–H and O–H groups in total. The Labute approximate surface area is 196 Å². The topological polar surface area (TPSA) is 88.6 Å². The van der Waals surface area contributed by atoms with E-state index in [0.717, 1.165) is 22.4 Å². The molecule has 8 heteroatoms. The standard InChI is InChI=1S/C25H21ClN4O3/c1-32-21-11-7-17(8-12-21)15-27-30-25(31)24-14-23(28-29-24)19-3-2-4-22(13-19)33-16-18-5-9-20(26)10-6-18/h2-15H,16H2,1H3,(H,28,29)(H,30,31). The zero-order valence-corrected chi connectivity index (χ0v) is 18.5. The van der Waals surface area contributed by atoms with Crippen LogP contribution in [0.4, 0.5) is 0 Å². The van der Waals surface area contributed by atoms with Crippen molar-refractivity contribution in [2.75, 3.05) is 7.11 Å². The number of carbonyl (C=O) groups excluding carboxylic acids is 1. The number of aromatic nitrogens is 2. The predicted octanol–water partition coefficient (Wildman–Crippen LogP) is 5.08. The first-order valence-corrected chi connectivity index (χ1v) is 10.5. The number of halogens is 1. The molecule has 0 radical (unpaired) electrons. The second kappa shape index (κ2) is 10.5. The third-order valence-electron chi connectivity index (χ3n) is 4.77. The highest BCUT2D eigenvalue weighted by molar-refractivity contribution is 6.30. The van der Waals surface area contributed by atoms with Crippen molar-refractivity contribution in [3.05, 3.63) is 101 Å². The summed E-state index contributed by atoms with van der Waals surface area (Å²) in [5.41, 5.74) is 6.07. The summed E-state index contributed by atoms with van der Waals surface area (Å²) in [6.45, 7) is 0.418. The zero-order chi connectivity index (χ0) is 23.0. The molecule has 0 atom stereocenters. The highest BCUT2D eigenvalue weighted by atomic mass is 35.5. The van der Waals surface area contributed by atoms with Gasteiger partial charge in [0, 0.05) is 10.6 Å². The van der Waals surface area contributed by atoms with Crippen LogP contribution in [0.5, 0.6) is 11.5 Å². The summed E-state index contributed by atoms with van der Waals surface area (Å²) in [4.78, 5) is 12.4. The quantitative estimate of drug-likeness (QED) is 0.283. The Hall–Kier alpha value is -4.10. The van der Waals surface area contributed by atoms with Gasteiger partial charge in [0.05, 0.1) is 19.0 Å². The summed E-state index contributed by atoms with van der Waals surface area (Å²) >= 11 is 5.92. The van der Waals surface area contributed by atoms with Crippen molar-refractivity contribution in [2.45, 2.75) is 6.61 Å². The Morgan fingerprint density at radius 3 is 2.61 bits per heavy atom. The predicted molar refractivity (Wildman–Crippen MR) is 128 cm³/mol. The Morgan fingerprint density at radius 1 is 1.06 bits per heavy atom. The highest BCUT2D eigenvalue weighted by Crippen LogP contribution is 2.24. The number of carbonyl (C=O) groups is 1. The molecule has 0 saturated carbocycles. The molecule has 0 bridgehead atoms. The van der Waals surface area contributed by atoms with E-state index in [1.807, 2.05) is 72.8 Å². The molecular weight excluding hydrogens is 440 g/mol. The summed E-state index contributed by atoms with van der Waals surface area (Å²) in [5.74, 6) is 1.05. The van der Waals surface area contributed by atoms with Crippen molar-refractivity contribution >= 4 is 23.7 Å². The van der Waals surface area contributed by atoms with Crippen molar-refractivity contribution in [2.24, 2.45) is 5.10 Å².